The zero-order valence-electron chi connectivity index (χ0n) is 9.05. The first-order chi connectivity index (χ1) is 8.16. The van der Waals surface area contributed by atoms with Gasteiger partial charge in [0.15, 0.2) is 0 Å². The average Bonchev–Trinajstić information content (AvgIpc) is 2.78. The third-order valence-corrected chi connectivity index (χ3v) is 3.02. The summed E-state index contributed by atoms with van der Waals surface area (Å²) in [7, 11) is 0. The van der Waals surface area contributed by atoms with Crippen molar-refractivity contribution in [3.63, 3.8) is 0 Å². The number of carboxylic acid groups (broad SMARTS) is 1. The van der Waals surface area contributed by atoms with Gasteiger partial charge in [-0.25, -0.2) is 4.68 Å². The van der Waals surface area contributed by atoms with Crippen molar-refractivity contribution >= 4 is 11.8 Å². The molecule has 2 aromatic rings. The first-order valence-corrected chi connectivity index (χ1v) is 5.32. The molecule has 3 rings (SSSR count). The molecule has 0 unspecified atom stereocenters. The summed E-state index contributed by atoms with van der Waals surface area (Å²) < 4.78 is 1.35. The summed E-state index contributed by atoms with van der Waals surface area (Å²) in [5, 5.41) is 13.0. The number of hydrogen-bond donors (Lipinski definition) is 2. The minimum atomic E-state index is -0.939. The summed E-state index contributed by atoms with van der Waals surface area (Å²) in [6, 6.07) is 7.95. The van der Waals surface area contributed by atoms with Gasteiger partial charge in [0.1, 0.15) is 12.4 Å². The maximum atomic E-state index is 10.7. The number of fused-ring (bicyclic) bond motifs is 3. The minimum Gasteiger partial charge on any atom is -0.480 e. The van der Waals surface area contributed by atoms with Crippen molar-refractivity contribution in [1.82, 2.24) is 9.78 Å². The van der Waals surface area contributed by atoms with E-state index < -0.39 is 5.97 Å². The van der Waals surface area contributed by atoms with E-state index in [0.29, 0.717) is 5.82 Å². The van der Waals surface area contributed by atoms with Crippen LogP contribution in [0.2, 0.25) is 0 Å². The average molecular weight is 229 g/mol. The van der Waals surface area contributed by atoms with E-state index in [1.807, 2.05) is 24.3 Å². The van der Waals surface area contributed by atoms with Crippen LogP contribution in [0.15, 0.2) is 24.3 Å². The van der Waals surface area contributed by atoms with E-state index in [1.165, 1.54) is 10.2 Å². The Hall–Kier alpha value is -2.30. The molecule has 0 bridgehead atoms. The van der Waals surface area contributed by atoms with Crippen molar-refractivity contribution in [3.8, 4) is 11.3 Å². The minimum absolute atomic E-state index is 0.193. The Labute approximate surface area is 97.5 Å². The fraction of sp³-hybridized carbons (Fsp3) is 0.167. The van der Waals surface area contributed by atoms with Gasteiger partial charge in [0.05, 0.1) is 5.69 Å². The van der Waals surface area contributed by atoms with Crippen LogP contribution in [0.4, 0.5) is 5.82 Å². The van der Waals surface area contributed by atoms with Gasteiger partial charge in [0, 0.05) is 17.5 Å². The Morgan fingerprint density at radius 1 is 1.47 bits per heavy atom. The molecule has 1 heterocycles. The van der Waals surface area contributed by atoms with Crippen LogP contribution in [0.3, 0.4) is 0 Å². The zero-order chi connectivity index (χ0) is 12.0. The van der Waals surface area contributed by atoms with Crippen LogP contribution >= 0.6 is 0 Å². The van der Waals surface area contributed by atoms with Gasteiger partial charge in [-0.15, -0.1) is 0 Å². The molecular weight excluding hydrogens is 218 g/mol. The lowest BCUT2D eigenvalue weighted by atomic mass is 10.1. The number of anilines is 1. The number of rotatable bonds is 2. The first kappa shape index (κ1) is 9.89. The number of benzene rings is 1. The standard InChI is InChI=1S/C12H11N3O2/c13-12-9-5-7-3-1-2-4-8(7)11(9)14-15(12)6-10(16)17/h1-4H,5-6,13H2,(H,16,17). The van der Waals surface area contributed by atoms with Gasteiger partial charge in [0.25, 0.3) is 0 Å². The molecule has 0 saturated heterocycles. The number of nitrogen functional groups attached to an aromatic ring is 1. The highest BCUT2D eigenvalue weighted by atomic mass is 16.4. The number of aromatic nitrogens is 2. The van der Waals surface area contributed by atoms with Gasteiger partial charge in [-0.05, 0) is 5.56 Å². The van der Waals surface area contributed by atoms with Crippen LogP contribution in [-0.4, -0.2) is 20.9 Å². The Balaban J connectivity index is 2.12. The third kappa shape index (κ3) is 1.39. The highest BCUT2D eigenvalue weighted by molar-refractivity contribution is 5.78. The predicted molar refractivity (Wildman–Crippen MR) is 62.5 cm³/mol. The van der Waals surface area contributed by atoms with Crippen molar-refractivity contribution in [3.05, 3.63) is 35.4 Å². The molecule has 1 aromatic heterocycles. The molecule has 1 aromatic carbocycles. The summed E-state index contributed by atoms with van der Waals surface area (Å²) in [4.78, 5) is 10.7. The fourth-order valence-corrected chi connectivity index (χ4v) is 2.25. The summed E-state index contributed by atoms with van der Waals surface area (Å²) in [5.74, 6) is -0.482. The molecule has 1 aliphatic carbocycles. The van der Waals surface area contributed by atoms with Gasteiger partial charge in [-0.2, -0.15) is 5.10 Å². The lowest BCUT2D eigenvalue weighted by Crippen LogP contribution is -2.13. The molecule has 0 fully saturated rings. The molecule has 0 radical (unpaired) electrons. The largest absolute Gasteiger partial charge is 0.480 e. The van der Waals surface area contributed by atoms with Crippen molar-refractivity contribution < 1.29 is 9.90 Å². The normalized spacial score (nSPS) is 12.2. The second-order valence-electron chi connectivity index (χ2n) is 4.10. The first-order valence-electron chi connectivity index (χ1n) is 5.32. The van der Waals surface area contributed by atoms with Crippen LogP contribution in [0.5, 0.6) is 0 Å². The second kappa shape index (κ2) is 3.35. The molecule has 17 heavy (non-hydrogen) atoms. The lowest BCUT2D eigenvalue weighted by Gasteiger charge is -2.02. The van der Waals surface area contributed by atoms with Crippen molar-refractivity contribution in [2.45, 2.75) is 13.0 Å². The van der Waals surface area contributed by atoms with Crippen LogP contribution in [0.25, 0.3) is 11.3 Å². The number of nitrogens with zero attached hydrogens (tertiary/aromatic N) is 2. The van der Waals surface area contributed by atoms with Gasteiger partial charge < -0.3 is 10.8 Å². The van der Waals surface area contributed by atoms with Crippen molar-refractivity contribution in [1.29, 1.82) is 0 Å². The number of aliphatic carboxylic acids is 1. The van der Waals surface area contributed by atoms with E-state index in [2.05, 4.69) is 5.10 Å². The van der Waals surface area contributed by atoms with E-state index in [-0.39, 0.29) is 6.54 Å². The van der Waals surface area contributed by atoms with E-state index >= 15 is 0 Å². The Morgan fingerprint density at radius 2 is 2.24 bits per heavy atom. The van der Waals surface area contributed by atoms with E-state index in [4.69, 9.17) is 10.8 Å². The summed E-state index contributed by atoms with van der Waals surface area (Å²) >= 11 is 0. The van der Waals surface area contributed by atoms with Crippen LogP contribution in [-0.2, 0) is 17.8 Å². The highest BCUT2D eigenvalue weighted by Crippen LogP contribution is 2.38. The van der Waals surface area contributed by atoms with E-state index in [1.54, 1.807) is 0 Å². The van der Waals surface area contributed by atoms with Gasteiger partial charge in [-0.3, -0.25) is 4.79 Å². The molecule has 86 valence electrons. The number of carbonyl (C=O) groups is 1. The van der Waals surface area contributed by atoms with Crippen LogP contribution in [0.1, 0.15) is 11.1 Å². The lowest BCUT2D eigenvalue weighted by molar-refractivity contribution is -0.137. The van der Waals surface area contributed by atoms with Crippen molar-refractivity contribution in [2.75, 3.05) is 5.73 Å². The van der Waals surface area contributed by atoms with Crippen molar-refractivity contribution in [2.24, 2.45) is 0 Å². The smallest absolute Gasteiger partial charge is 0.325 e. The Morgan fingerprint density at radius 3 is 3.00 bits per heavy atom. The summed E-state index contributed by atoms with van der Waals surface area (Å²) in [5.41, 5.74) is 9.92. The zero-order valence-corrected chi connectivity index (χ0v) is 9.05. The van der Waals surface area contributed by atoms with Gasteiger partial charge in [-0.1, -0.05) is 24.3 Å². The summed E-state index contributed by atoms with van der Waals surface area (Å²) in [6.45, 7) is -0.193. The SMILES string of the molecule is Nc1c2c(nn1CC(=O)O)-c1ccccc1C2. The fourth-order valence-electron chi connectivity index (χ4n) is 2.25. The predicted octanol–water partition coefficient (Wildman–Crippen LogP) is 1.12. The number of nitrogens with two attached hydrogens (primary N) is 1. The molecule has 0 amide bonds. The molecule has 0 saturated carbocycles. The highest BCUT2D eigenvalue weighted by Gasteiger charge is 2.25. The Bertz CT molecular complexity index is 616. The van der Waals surface area contributed by atoms with E-state index in [9.17, 15) is 4.79 Å². The number of carboxylic acids is 1. The topological polar surface area (TPSA) is 81.1 Å². The maximum absolute atomic E-state index is 10.7. The summed E-state index contributed by atoms with van der Waals surface area (Å²) in [6.07, 6.45) is 0.733. The molecular formula is C12H11N3O2. The molecule has 0 aliphatic heterocycles. The van der Waals surface area contributed by atoms with E-state index in [0.717, 1.165) is 23.2 Å². The number of hydrogen-bond acceptors (Lipinski definition) is 3. The molecule has 5 heteroatoms. The molecule has 1 aliphatic rings. The van der Waals surface area contributed by atoms with Crippen LogP contribution in [0, 0.1) is 0 Å². The molecule has 0 spiro atoms. The second-order valence-corrected chi connectivity index (χ2v) is 4.10. The molecule has 5 nitrogen and oxygen atoms in total. The molecule has 3 N–H and O–H groups in total. The van der Waals surface area contributed by atoms with Gasteiger partial charge in [0.2, 0.25) is 0 Å². The van der Waals surface area contributed by atoms with Crippen LogP contribution < -0.4 is 5.73 Å². The third-order valence-electron chi connectivity index (χ3n) is 3.02. The maximum Gasteiger partial charge on any atom is 0.325 e. The Kier molecular flexibility index (Phi) is 1.95. The monoisotopic (exact) mass is 229 g/mol. The quantitative estimate of drug-likeness (QED) is 0.690. The van der Waals surface area contributed by atoms with Gasteiger partial charge >= 0.3 is 5.97 Å². The molecule has 0 atom stereocenters.